The maximum absolute atomic E-state index is 11.5. The topological polar surface area (TPSA) is 30.0 Å². The van der Waals surface area contributed by atoms with Crippen molar-refractivity contribution >= 4 is 17.1 Å². The normalized spacial score (nSPS) is 23.4. The molecule has 0 spiro atoms. The van der Waals surface area contributed by atoms with E-state index in [-0.39, 0.29) is 5.92 Å². The number of carbonyl (C=O) groups excluding carboxylic acids is 1. The van der Waals surface area contributed by atoms with Crippen molar-refractivity contribution in [2.75, 3.05) is 0 Å². The molecular formula is C10H13NOS. The Kier molecular flexibility index (Phi) is 2.74. The number of rotatable bonds is 2. The van der Waals surface area contributed by atoms with Crippen LogP contribution in [0, 0.1) is 5.92 Å². The number of aromatic nitrogens is 1. The van der Waals surface area contributed by atoms with Gasteiger partial charge in [0.15, 0.2) is 0 Å². The predicted octanol–water partition coefficient (Wildman–Crippen LogP) is 2.44. The lowest BCUT2D eigenvalue weighted by molar-refractivity contribution is -0.124. The molecule has 1 aromatic rings. The quantitative estimate of drug-likeness (QED) is 0.725. The molecule has 1 aromatic heterocycles. The average molecular weight is 195 g/mol. The van der Waals surface area contributed by atoms with Crippen LogP contribution in [0.15, 0.2) is 11.6 Å². The van der Waals surface area contributed by atoms with E-state index in [2.05, 4.69) is 4.98 Å². The number of nitrogens with zero attached hydrogens (tertiary/aromatic N) is 1. The number of ketones is 1. The lowest BCUT2D eigenvalue weighted by Gasteiger charge is -2.18. The first-order valence-electron chi connectivity index (χ1n) is 4.77. The molecule has 0 N–H and O–H groups in total. The summed E-state index contributed by atoms with van der Waals surface area (Å²) < 4.78 is 0. The van der Waals surface area contributed by atoms with Gasteiger partial charge in [-0.05, 0) is 12.8 Å². The van der Waals surface area contributed by atoms with E-state index in [0.717, 1.165) is 30.7 Å². The highest BCUT2D eigenvalue weighted by Gasteiger charge is 2.22. The van der Waals surface area contributed by atoms with Gasteiger partial charge in [0.25, 0.3) is 0 Å². The fourth-order valence-corrected chi connectivity index (χ4v) is 2.53. The third-order valence-electron chi connectivity index (χ3n) is 2.59. The molecule has 0 radical (unpaired) electrons. The Balaban J connectivity index is 1.97. The molecular weight excluding hydrogens is 182 g/mol. The van der Waals surface area contributed by atoms with Crippen molar-refractivity contribution < 1.29 is 4.79 Å². The molecule has 0 saturated heterocycles. The van der Waals surface area contributed by atoms with Crippen molar-refractivity contribution in [2.45, 2.75) is 32.1 Å². The first-order chi connectivity index (χ1) is 6.36. The monoisotopic (exact) mass is 195 g/mol. The zero-order valence-electron chi connectivity index (χ0n) is 7.53. The van der Waals surface area contributed by atoms with Gasteiger partial charge in [0.2, 0.25) is 0 Å². The second-order valence-corrected chi connectivity index (χ2v) is 4.52. The Hall–Kier alpha value is -0.700. The lowest BCUT2D eigenvalue weighted by atomic mass is 9.86. The van der Waals surface area contributed by atoms with Crippen molar-refractivity contribution in [3.8, 4) is 0 Å². The number of Topliss-reactive ketones (excluding diaryl/α,β-unsaturated/α-hetero) is 1. The van der Waals surface area contributed by atoms with Gasteiger partial charge in [0.1, 0.15) is 5.78 Å². The molecule has 0 aromatic carbocycles. The first-order valence-corrected chi connectivity index (χ1v) is 5.65. The molecule has 1 unspecified atom stereocenters. The van der Waals surface area contributed by atoms with Crippen LogP contribution in [0.3, 0.4) is 0 Å². The molecule has 3 heteroatoms. The number of hydrogen-bond donors (Lipinski definition) is 0. The second-order valence-electron chi connectivity index (χ2n) is 3.54. The van der Waals surface area contributed by atoms with E-state index in [4.69, 9.17) is 0 Å². The second kappa shape index (κ2) is 4.01. The molecule has 1 aliphatic rings. The van der Waals surface area contributed by atoms with Crippen LogP contribution in [0.4, 0.5) is 0 Å². The summed E-state index contributed by atoms with van der Waals surface area (Å²) in [5.41, 5.74) is 0. The van der Waals surface area contributed by atoms with Crippen LogP contribution in [0.1, 0.15) is 30.7 Å². The van der Waals surface area contributed by atoms with Gasteiger partial charge >= 0.3 is 0 Å². The SMILES string of the molecule is O=C1CCCCC1Cc1nccs1. The summed E-state index contributed by atoms with van der Waals surface area (Å²) in [4.78, 5) is 15.7. The van der Waals surface area contributed by atoms with E-state index < -0.39 is 0 Å². The first kappa shape index (κ1) is 8.88. The van der Waals surface area contributed by atoms with E-state index in [1.165, 1.54) is 6.42 Å². The molecule has 0 bridgehead atoms. The third kappa shape index (κ3) is 2.15. The maximum Gasteiger partial charge on any atom is 0.136 e. The Morgan fingerprint density at radius 2 is 2.46 bits per heavy atom. The maximum atomic E-state index is 11.5. The molecule has 0 aliphatic heterocycles. The van der Waals surface area contributed by atoms with Crippen molar-refractivity contribution in [3.63, 3.8) is 0 Å². The summed E-state index contributed by atoms with van der Waals surface area (Å²) in [5, 5.41) is 3.09. The smallest absolute Gasteiger partial charge is 0.136 e. The number of carbonyl (C=O) groups is 1. The summed E-state index contributed by atoms with van der Waals surface area (Å²) in [5.74, 6) is 0.710. The van der Waals surface area contributed by atoms with Crippen molar-refractivity contribution in [3.05, 3.63) is 16.6 Å². The molecule has 1 fully saturated rings. The van der Waals surface area contributed by atoms with Crippen LogP contribution >= 0.6 is 11.3 Å². The predicted molar refractivity (Wildman–Crippen MR) is 52.8 cm³/mol. The van der Waals surface area contributed by atoms with Crippen molar-refractivity contribution in [1.82, 2.24) is 4.98 Å². The highest BCUT2D eigenvalue weighted by Crippen LogP contribution is 2.24. The van der Waals surface area contributed by atoms with E-state index in [1.54, 1.807) is 11.3 Å². The lowest BCUT2D eigenvalue weighted by Crippen LogP contribution is -2.20. The van der Waals surface area contributed by atoms with E-state index in [1.807, 2.05) is 11.6 Å². The van der Waals surface area contributed by atoms with E-state index in [0.29, 0.717) is 5.78 Å². The highest BCUT2D eigenvalue weighted by atomic mass is 32.1. The minimum Gasteiger partial charge on any atom is -0.299 e. The Labute approximate surface area is 82.0 Å². The van der Waals surface area contributed by atoms with E-state index >= 15 is 0 Å². The Morgan fingerprint density at radius 3 is 3.15 bits per heavy atom. The molecule has 1 saturated carbocycles. The minimum absolute atomic E-state index is 0.264. The van der Waals surface area contributed by atoms with Crippen LogP contribution in [0.25, 0.3) is 0 Å². The summed E-state index contributed by atoms with van der Waals surface area (Å²) in [6.45, 7) is 0. The minimum atomic E-state index is 0.264. The number of hydrogen-bond acceptors (Lipinski definition) is 3. The third-order valence-corrected chi connectivity index (χ3v) is 3.39. The Bertz CT molecular complexity index is 281. The molecule has 1 aliphatic carbocycles. The fraction of sp³-hybridized carbons (Fsp3) is 0.600. The van der Waals surface area contributed by atoms with Crippen LogP contribution in [-0.2, 0) is 11.2 Å². The molecule has 0 amide bonds. The molecule has 13 heavy (non-hydrogen) atoms. The highest BCUT2D eigenvalue weighted by molar-refractivity contribution is 7.09. The molecule has 1 atom stereocenters. The van der Waals surface area contributed by atoms with Crippen molar-refractivity contribution in [2.24, 2.45) is 5.92 Å². The zero-order chi connectivity index (χ0) is 9.10. The van der Waals surface area contributed by atoms with Gasteiger partial charge in [-0.2, -0.15) is 0 Å². The summed E-state index contributed by atoms with van der Waals surface area (Å²) in [7, 11) is 0. The molecule has 2 nitrogen and oxygen atoms in total. The molecule has 70 valence electrons. The largest absolute Gasteiger partial charge is 0.299 e. The van der Waals surface area contributed by atoms with Crippen LogP contribution in [0.5, 0.6) is 0 Å². The summed E-state index contributed by atoms with van der Waals surface area (Å²) in [6.07, 6.45) is 6.84. The van der Waals surface area contributed by atoms with Gasteiger partial charge < -0.3 is 0 Å². The van der Waals surface area contributed by atoms with Crippen LogP contribution < -0.4 is 0 Å². The van der Waals surface area contributed by atoms with Crippen molar-refractivity contribution in [1.29, 1.82) is 0 Å². The van der Waals surface area contributed by atoms with Gasteiger partial charge in [0.05, 0.1) is 5.01 Å². The zero-order valence-corrected chi connectivity index (χ0v) is 8.35. The van der Waals surface area contributed by atoms with E-state index in [9.17, 15) is 4.79 Å². The number of thiazole rings is 1. The van der Waals surface area contributed by atoms with Gasteiger partial charge in [-0.3, -0.25) is 4.79 Å². The molecule has 2 rings (SSSR count). The van der Waals surface area contributed by atoms with Gasteiger partial charge in [-0.25, -0.2) is 4.98 Å². The van der Waals surface area contributed by atoms with Gasteiger partial charge in [0, 0.05) is 30.3 Å². The fourth-order valence-electron chi connectivity index (χ4n) is 1.84. The van der Waals surface area contributed by atoms with Crippen LogP contribution in [0.2, 0.25) is 0 Å². The average Bonchev–Trinajstić information content (AvgIpc) is 2.61. The van der Waals surface area contributed by atoms with Gasteiger partial charge in [-0.15, -0.1) is 11.3 Å². The molecule has 1 heterocycles. The van der Waals surface area contributed by atoms with Gasteiger partial charge in [-0.1, -0.05) is 6.42 Å². The summed E-state index contributed by atoms with van der Waals surface area (Å²) >= 11 is 1.66. The standard InChI is InChI=1S/C10H13NOS/c12-9-4-2-1-3-8(9)7-10-11-5-6-13-10/h5-6,8H,1-4,7H2. The summed E-state index contributed by atoms with van der Waals surface area (Å²) in [6, 6.07) is 0. The Morgan fingerprint density at radius 1 is 1.54 bits per heavy atom. The van der Waals surface area contributed by atoms with Crippen LogP contribution in [-0.4, -0.2) is 10.8 Å².